The molecule has 60 valence electrons. The molecule has 0 radical (unpaired) electrons. The van der Waals surface area contributed by atoms with E-state index in [1.54, 1.807) is 10.6 Å². The molecule has 0 N–H and O–H groups in total. The van der Waals surface area contributed by atoms with Crippen LogP contribution in [-0.2, 0) is 0 Å². The van der Waals surface area contributed by atoms with Gasteiger partial charge in [-0.1, -0.05) is 12.7 Å². The summed E-state index contributed by atoms with van der Waals surface area (Å²) in [6.45, 7) is 3.70. The maximum atomic E-state index is 4.09. The predicted octanol–water partition coefficient (Wildman–Crippen LogP) is 2.13. The SMILES string of the molecule is C=Cc1cc(Br)cn2ncnc12. The smallest absolute Gasteiger partial charge is 0.162 e. The first kappa shape index (κ1) is 7.49. The molecule has 3 nitrogen and oxygen atoms in total. The molecule has 0 unspecified atom stereocenters. The number of nitrogens with zero attached hydrogens (tertiary/aromatic N) is 3. The maximum absolute atomic E-state index is 4.09. The Morgan fingerprint density at radius 2 is 2.42 bits per heavy atom. The third kappa shape index (κ3) is 1.04. The number of hydrogen-bond donors (Lipinski definition) is 0. The van der Waals surface area contributed by atoms with Crippen LogP contribution in [0.4, 0.5) is 0 Å². The number of hydrogen-bond acceptors (Lipinski definition) is 2. The summed E-state index contributed by atoms with van der Waals surface area (Å²) in [5.41, 5.74) is 1.80. The summed E-state index contributed by atoms with van der Waals surface area (Å²) < 4.78 is 2.68. The van der Waals surface area contributed by atoms with Crippen LogP contribution in [0.2, 0.25) is 0 Å². The monoisotopic (exact) mass is 223 g/mol. The molecule has 0 aliphatic heterocycles. The quantitative estimate of drug-likeness (QED) is 0.742. The van der Waals surface area contributed by atoms with E-state index in [1.807, 2.05) is 12.3 Å². The Morgan fingerprint density at radius 1 is 1.58 bits per heavy atom. The molecule has 0 aliphatic carbocycles. The highest BCUT2D eigenvalue weighted by atomic mass is 79.9. The van der Waals surface area contributed by atoms with Gasteiger partial charge in [-0.3, -0.25) is 0 Å². The first-order valence-corrected chi connectivity index (χ1v) is 4.22. The van der Waals surface area contributed by atoms with Crippen molar-refractivity contribution in [1.29, 1.82) is 0 Å². The van der Waals surface area contributed by atoms with Crippen molar-refractivity contribution in [1.82, 2.24) is 14.6 Å². The van der Waals surface area contributed by atoms with Gasteiger partial charge in [0.2, 0.25) is 0 Å². The van der Waals surface area contributed by atoms with Gasteiger partial charge in [0.15, 0.2) is 5.65 Å². The van der Waals surface area contributed by atoms with E-state index in [-0.39, 0.29) is 0 Å². The minimum Gasteiger partial charge on any atom is -0.219 e. The molecular formula is C8H6BrN3. The van der Waals surface area contributed by atoms with Gasteiger partial charge in [-0.25, -0.2) is 9.50 Å². The van der Waals surface area contributed by atoms with Gasteiger partial charge < -0.3 is 0 Å². The normalized spacial score (nSPS) is 10.4. The maximum Gasteiger partial charge on any atom is 0.162 e. The first-order valence-electron chi connectivity index (χ1n) is 3.42. The van der Waals surface area contributed by atoms with E-state index in [9.17, 15) is 0 Å². The van der Waals surface area contributed by atoms with Crippen molar-refractivity contribution in [2.45, 2.75) is 0 Å². The Labute approximate surface area is 77.9 Å². The lowest BCUT2D eigenvalue weighted by Crippen LogP contribution is -1.89. The van der Waals surface area contributed by atoms with E-state index >= 15 is 0 Å². The molecule has 2 heterocycles. The topological polar surface area (TPSA) is 30.2 Å². The van der Waals surface area contributed by atoms with Gasteiger partial charge in [-0.2, -0.15) is 5.10 Å². The molecule has 0 saturated carbocycles. The highest BCUT2D eigenvalue weighted by Gasteiger charge is 2.00. The molecule has 0 bridgehead atoms. The van der Waals surface area contributed by atoms with Crippen LogP contribution < -0.4 is 0 Å². The molecule has 0 spiro atoms. The molecule has 2 aromatic rings. The van der Waals surface area contributed by atoms with Crippen molar-refractivity contribution in [3.8, 4) is 0 Å². The lowest BCUT2D eigenvalue weighted by molar-refractivity contribution is 0.955. The minimum absolute atomic E-state index is 0.827. The van der Waals surface area contributed by atoms with Crippen molar-refractivity contribution in [2.75, 3.05) is 0 Å². The van der Waals surface area contributed by atoms with E-state index < -0.39 is 0 Å². The summed E-state index contributed by atoms with van der Waals surface area (Å²) in [6.07, 6.45) is 5.14. The average Bonchev–Trinajstić information content (AvgIpc) is 2.50. The van der Waals surface area contributed by atoms with E-state index in [0.717, 1.165) is 15.7 Å². The van der Waals surface area contributed by atoms with Crippen molar-refractivity contribution in [3.63, 3.8) is 0 Å². The molecule has 0 fully saturated rings. The zero-order valence-electron chi connectivity index (χ0n) is 6.24. The van der Waals surface area contributed by atoms with Crippen LogP contribution in [0.25, 0.3) is 11.7 Å². The molecule has 0 saturated heterocycles. The summed E-state index contributed by atoms with van der Waals surface area (Å²) in [7, 11) is 0. The van der Waals surface area contributed by atoms with Crippen LogP contribution in [0.15, 0.2) is 29.6 Å². The van der Waals surface area contributed by atoms with Crippen LogP contribution in [0.1, 0.15) is 5.56 Å². The van der Waals surface area contributed by atoms with Gasteiger partial charge in [0.05, 0.1) is 0 Å². The van der Waals surface area contributed by atoms with Gasteiger partial charge >= 0.3 is 0 Å². The third-order valence-corrected chi connectivity index (χ3v) is 2.02. The molecule has 2 rings (SSSR count). The van der Waals surface area contributed by atoms with Crippen LogP contribution in [0.5, 0.6) is 0 Å². The second-order valence-electron chi connectivity index (χ2n) is 2.35. The van der Waals surface area contributed by atoms with Crippen molar-refractivity contribution in [2.24, 2.45) is 0 Å². The fourth-order valence-corrected chi connectivity index (χ4v) is 1.51. The van der Waals surface area contributed by atoms with Gasteiger partial charge in [-0.15, -0.1) is 0 Å². The van der Waals surface area contributed by atoms with Crippen molar-refractivity contribution < 1.29 is 0 Å². The van der Waals surface area contributed by atoms with Crippen LogP contribution in [0, 0.1) is 0 Å². The fraction of sp³-hybridized carbons (Fsp3) is 0. The van der Waals surface area contributed by atoms with Crippen molar-refractivity contribution in [3.05, 3.63) is 35.2 Å². The van der Waals surface area contributed by atoms with Crippen LogP contribution in [-0.4, -0.2) is 14.6 Å². The Hall–Kier alpha value is -1.16. The van der Waals surface area contributed by atoms with Crippen LogP contribution >= 0.6 is 15.9 Å². The number of aromatic nitrogens is 3. The second-order valence-corrected chi connectivity index (χ2v) is 3.26. The van der Waals surface area contributed by atoms with E-state index in [0.29, 0.717) is 0 Å². The third-order valence-electron chi connectivity index (χ3n) is 1.59. The van der Waals surface area contributed by atoms with Crippen molar-refractivity contribution >= 4 is 27.7 Å². The molecule has 4 heteroatoms. The molecular weight excluding hydrogens is 218 g/mol. The summed E-state index contributed by atoms with van der Waals surface area (Å²) in [5, 5.41) is 4.02. The standard InChI is InChI=1S/C8H6BrN3/c1-2-6-3-7(9)4-12-8(6)10-5-11-12/h2-5H,1H2. The summed E-state index contributed by atoms with van der Waals surface area (Å²) in [4.78, 5) is 4.09. The second kappa shape index (κ2) is 2.71. The zero-order chi connectivity index (χ0) is 8.55. The fourth-order valence-electron chi connectivity index (χ4n) is 1.07. The predicted molar refractivity (Wildman–Crippen MR) is 50.8 cm³/mol. The highest BCUT2D eigenvalue weighted by Crippen LogP contribution is 2.16. The minimum atomic E-state index is 0.827. The molecule has 0 atom stereocenters. The molecule has 2 aromatic heterocycles. The highest BCUT2D eigenvalue weighted by molar-refractivity contribution is 9.10. The summed E-state index contributed by atoms with van der Waals surface area (Å²) >= 11 is 3.37. The lowest BCUT2D eigenvalue weighted by atomic mass is 10.3. The Morgan fingerprint density at radius 3 is 3.17 bits per heavy atom. The lowest BCUT2D eigenvalue weighted by Gasteiger charge is -1.97. The van der Waals surface area contributed by atoms with Crippen LogP contribution in [0.3, 0.4) is 0 Å². The molecule has 0 aliphatic rings. The Bertz CT molecular complexity index is 433. The summed E-state index contributed by atoms with van der Waals surface area (Å²) in [5.74, 6) is 0. The number of rotatable bonds is 1. The first-order chi connectivity index (χ1) is 5.81. The molecule has 0 aromatic carbocycles. The molecule has 12 heavy (non-hydrogen) atoms. The number of fused-ring (bicyclic) bond motifs is 1. The Kier molecular flexibility index (Phi) is 1.69. The van der Waals surface area contributed by atoms with Gasteiger partial charge in [0.25, 0.3) is 0 Å². The largest absolute Gasteiger partial charge is 0.219 e. The number of pyridine rings is 1. The van der Waals surface area contributed by atoms with E-state index in [1.165, 1.54) is 6.33 Å². The van der Waals surface area contributed by atoms with E-state index in [4.69, 9.17) is 0 Å². The molecule has 0 amide bonds. The van der Waals surface area contributed by atoms with Gasteiger partial charge in [0, 0.05) is 16.2 Å². The number of halogens is 1. The van der Waals surface area contributed by atoms with E-state index in [2.05, 4.69) is 32.6 Å². The van der Waals surface area contributed by atoms with Gasteiger partial charge in [0.1, 0.15) is 6.33 Å². The summed E-state index contributed by atoms with van der Waals surface area (Å²) in [6, 6.07) is 1.96. The van der Waals surface area contributed by atoms with Gasteiger partial charge in [-0.05, 0) is 22.0 Å². The average molecular weight is 224 g/mol. The Balaban J connectivity index is 2.88. The zero-order valence-corrected chi connectivity index (χ0v) is 7.82.